The number of rotatable bonds is 1. The van der Waals surface area contributed by atoms with E-state index < -0.39 is 17.4 Å². The lowest BCUT2D eigenvalue weighted by Gasteiger charge is -2.33. The summed E-state index contributed by atoms with van der Waals surface area (Å²) >= 11 is 0. The fourth-order valence-corrected chi connectivity index (χ4v) is 1.32. The molecule has 82 valence electrons. The molecule has 0 bridgehead atoms. The van der Waals surface area contributed by atoms with Gasteiger partial charge in [-0.05, 0) is 12.1 Å². The summed E-state index contributed by atoms with van der Waals surface area (Å²) in [6.07, 6.45) is 0.225. The summed E-state index contributed by atoms with van der Waals surface area (Å²) in [4.78, 5) is 0. The van der Waals surface area contributed by atoms with Crippen LogP contribution in [0, 0.1) is 11.6 Å². The molecule has 3 nitrogen and oxygen atoms in total. The van der Waals surface area contributed by atoms with Crippen molar-refractivity contribution in [1.82, 2.24) is 0 Å². The van der Waals surface area contributed by atoms with Crippen molar-refractivity contribution in [3.63, 3.8) is 0 Å². The SMILES string of the molecule is CCC1(O)COc2c(F)ccc(F)c2O1. The zero-order chi connectivity index (χ0) is 11.1. The third-order valence-electron chi connectivity index (χ3n) is 2.30. The molecular formula is C10H10F2O3. The molecule has 1 unspecified atom stereocenters. The molecule has 1 N–H and O–H groups in total. The number of hydrogen-bond acceptors (Lipinski definition) is 3. The van der Waals surface area contributed by atoms with Crippen LogP contribution in [0.2, 0.25) is 0 Å². The van der Waals surface area contributed by atoms with Crippen molar-refractivity contribution in [2.75, 3.05) is 6.61 Å². The summed E-state index contributed by atoms with van der Waals surface area (Å²) in [5.41, 5.74) is 0. The van der Waals surface area contributed by atoms with E-state index in [1.807, 2.05) is 0 Å². The largest absolute Gasteiger partial charge is 0.480 e. The summed E-state index contributed by atoms with van der Waals surface area (Å²) in [6.45, 7) is 1.45. The number of halogens is 2. The van der Waals surface area contributed by atoms with Gasteiger partial charge in [-0.3, -0.25) is 0 Å². The Morgan fingerprint density at radius 2 is 1.93 bits per heavy atom. The van der Waals surface area contributed by atoms with Gasteiger partial charge < -0.3 is 14.6 Å². The second-order valence-electron chi connectivity index (χ2n) is 3.38. The lowest BCUT2D eigenvalue weighted by molar-refractivity contribution is -0.178. The summed E-state index contributed by atoms with van der Waals surface area (Å²) in [5, 5.41) is 9.71. The molecule has 0 fully saturated rings. The van der Waals surface area contributed by atoms with Gasteiger partial charge in [0.25, 0.3) is 0 Å². The zero-order valence-electron chi connectivity index (χ0n) is 8.09. The van der Waals surface area contributed by atoms with E-state index in [2.05, 4.69) is 0 Å². The van der Waals surface area contributed by atoms with Crippen molar-refractivity contribution in [3.8, 4) is 11.5 Å². The fourth-order valence-electron chi connectivity index (χ4n) is 1.32. The fraction of sp³-hybridized carbons (Fsp3) is 0.400. The van der Waals surface area contributed by atoms with E-state index in [9.17, 15) is 13.9 Å². The van der Waals surface area contributed by atoms with Crippen LogP contribution in [0.15, 0.2) is 12.1 Å². The van der Waals surface area contributed by atoms with E-state index in [1.54, 1.807) is 6.92 Å². The molecule has 5 heteroatoms. The normalized spacial score (nSPS) is 24.0. The minimum absolute atomic E-state index is 0.211. The first kappa shape index (κ1) is 10.2. The van der Waals surface area contributed by atoms with Gasteiger partial charge in [0, 0.05) is 6.42 Å². The number of ether oxygens (including phenoxy) is 2. The molecule has 0 saturated heterocycles. The van der Waals surface area contributed by atoms with E-state index in [-0.39, 0.29) is 24.5 Å². The first-order valence-electron chi connectivity index (χ1n) is 4.58. The van der Waals surface area contributed by atoms with E-state index in [4.69, 9.17) is 9.47 Å². The van der Waals surface area contributed by atoms with Gasteiger partial charge in [0.05, 0.1) is 0 Å². The van der Waals surface area contributed by atoms with Crippen LogP contribution in [-0.4, -0.2) is 17.5 Å². The lowest BCUT2D eigenvalue weighted by atomic mass is 10.2. The van der Waals surface area contributed by atoms with Crippen LogP contribution in [0.5, 0.6) is 11.5 Å². The maximum absolute atomic E-state index is 13.2. The molecular weight excluding hydrogens is 206 g/mol. The number of aliphatic hydroxyl groups is 1. The molecule has 1 aliphatic rings. The first-order chi connectivity index (χ1) is 7.06. The molecule has 0 radical (unpaired) electrons. The van der Waals surface area contributed by atoms with Gasteiger partial charge >= 0.3 is 0 Å². The molecule has 1 aliphatic heterocycles. The molecule has 1 heterocycles. The van der Waals surface area contributed by atoms with Crippen molar-refractivity contribution in [3.05, 3.63) is 23.8 Å². The maximum Gasteiger partial charge on any atom is 0.242 e. The van der Waals surface area contributed by atoms with E-state index in [0.29, 0.717) is 0 Å². The van der Waals surface area contributed by atoms with Gasteiger partial charge in [0.2, 0.25) is 17.3 Å². The minimum atomic E-state index is -1.58. The lowest BCUT2D eigenvalue weighted by Crippen LogP contribution is -2.44. The second-order valence-corrected chi connectivity index (χ2v) is 3.38. The minimum Gasteiger partial charge on any atom is -0.480 e. The Bertz CT molecular complexity index is 394. The van der Waals surface area contributed by atoms with Crippen LogP contribution in [0.4, 0.5) is 8.78 Å². The maximum atomic E-state index is 13.2. The van der Waals surface area contributed by atoms with E-state index in [1.165, 1.54) is 0 Å². The molecule has 0 aliphatic carbocycles. The van der Waals surface area contributed by atoms with E-state index in [0.717, 1.165) is 12.1 Å². The van der Waals surface area contributed by atoms with Crippen LogP contribution in [0.1, 0.15) is 13.3 Å². The second kappa shape index (κ2) is 3.34. The topological polar surface area (TPSA) is 38.7 Å². The molecule has 0 spiro atoms. The molecule has 0 saturated carbocycles. The third-order valence-corrected chi connectivity index (χ3v) is 2.30. The molecule has 15 heavy (non-hydrogen) atoms. The Labute approximate surface area is 85.2 Å². The van der Waals surface area contributed by atoms with Gasteiger partial charge in [-0.25, -0.2) is 8.78 Å². The Morgan fingerprint density at radius 1 is 1.33 bits per heavy atom. The van der Waals surface area contributed by atoms with Gasteiger partial charge in [0.1, 0.15) is 0 Å². The predicted octanol–water partition coefficient (Wildman–Crippen LogP) is 1.83. The number of fused-ring (bicyclic) bond motifs is 1. The van der Waals surface area contributed by atoms with Crippen molar-refractivity contribution in [1.29, 1.82) is 0 Å². The zero-order valence-corrected chi connectivity index (χ0v) is 8.09. The predicted molar refractivity (Wildman–Crippen MR) is 47.7 cm³/mol. The Kier molecular flexibility index (Phi) is 2.26. The summed E-state index contributed by atoms with van der Waals surface area (Å²) in [5.74, 6) is -3.69. The quantitative estimate of drug-likeness (QED) is 0.778. The van der Waals surface area contributed by atoms with E-state index >= 15 is 0 Å². The molecule has 1 atom stereocenters. The van der Waals surface area contributed by atoms with Gasteiger partial charge in [-0.15, -0.1) is 0 Å². The first-order valence-corrected chi connectivity index (χ1v) is 4.58. The highest BCUT2D eigenvalue weighted by Crippen LogP contribution is 2.39. The Morgan fingerprint density at radius 3 is 2.53 bits per heavy atom. The highest BCUT2D eigenvalue weighted by atomic mass is 19.1. The van der Waals surface area contributed by atoms with Gasteiger partial charge in [0.15, 0.2) is 18.2 Å². The number of benzene rings is 1. The van der Waals surface area contributed by atoms with Gasteiger partial charge in [-0.2, -0.15) is 0 Å². The average molecular weight is 216 g/mol. The van der Waals surface area contributed by atoms with Crippen LogP contribution < -0.4 is 9.47 Å². The molecule has 1 aromatic carbocycles. The monoisotopic (exact) mass is 216 g/mol. The summed E-state index contributed by atoms with van der Waals surface area (Å²) in [7, 11) is 0. The van der Waals surface area contributed by atoms with Crippen molar-refractivity contribution >= 4 is 0 Å². The molecule has 1 aromatic rings. The molecule has 2 rings (SSSR count). The third kappa shape index (κ3) is 1.63. The average Bonchev–Trinajstić information content (AvgIpc) is 2.24. The summed E-state index contributed by atoms with van der Waals surface area (Å²) in [6, 6.07) is 1.88. The van der Waals surface area contributed by atoms with Crippen LogP contribution in [-0.2, 0) is 0 Å². The van der Waals surface area contributed by atoms with Crippen LogP contribution in [0.25, 0.3) is 0 Å². The Balaban J connectivity index is 2.45. The smallest absolute Gasteiger partial charge is 0.242 e. The summed E-state index contributed by atoms with van der Waals surface area (Å²) < 4.78 is 36.3. The standard InChI is InChI=1S/C10H10F2O3/c1-2-10(13)5-14-8-6(11)3-4-7(12)9(8)15-10/h3-4,13H,2,5H2,1H3. The van der Waals surface area contributed by atoms with Crippen molar-refractivity contribution in [2.45, 2.75) is 19.1 Å². The van der Waals surface area contributed by atoms with Crippen molar-refractivity contribution in [2.24, 2.45) is 0 Å². The van der Waals surface area contributed by atoms with Crippen molar-refractivity contribution < 1.29 is 23.4 Å². The van der Waals surface area contributed by atoms with Gasteiger partial charge in [-0.1, -0.05) is 6.92 Å². The number of hydrogen-bond donors (Lipinski definition) is 1. The molecule has 0 amide bonds. The van der Waals surface area contributed by atoms with Crippen LogP contribution in [0.3, 0.4) is 0 Å². The molecule has 0 aromatic heterocycles. The highest BCUT2D eigenvalue weighted by Gasteiger charge is 2.36. The highest BCUT2D eigenvalue weighted by molar-refractivity contribution is 5.43. The Hall–Kier alpha value is -1.36. The van der Waals surface area contributed by atoms with Crippen LogP contribution >= 0.6 is 0 Å².